The van der Waals surface area contributed by atoms with Gasteiger partial charge in [-0.05, 0) is 37.5 Å². The van der Waals surface area contributed by atoms with Crippen molar-refractivity contribution in [1.29, 1.82) is 0 Å². The number of carbonyl (C=O) groups excluding carboxylic acids is 1. The summed E-state index contributed by atoms with van der Waals surface area (Å²) in [6, 6.07) is 18.5. The van der Waals surface area contributed by atoms with E-state index < -0.39 is 5.41 Å². The molecule has 7 heteroatoms. The molecule has 1 aliphatic heterocycles. The highest BCUT2D eigenvalue weighted by Gasteiger charge is 2.40. The molecule has 4 rings (SSSR count). The summed E-state index contributed by atoms with van der Waals surface area (Å²) in [6.07, 6.45) is 2.35. The van der Waals surface area contributed by atoms with Gasteiger partial charge in [-0.3, -0.25) is 4.79 Å². The van der Waals surface area contributed by atoms with Gasteiger partial charge in [-0.25, -0.2) is 4.98 Å². The first-order chi connectivity index (χ1) is 13.1. The fraction of sp³-hybridized carbons (Fsp3) is 0.364. The van der Waals surface area contributed by atoms with Gasteiger partial charge in [0.25, 0.3) is 0 Å². The third-order valence-electron chi connectivity index (χ3n) is 5.55. The topological polar surface area (TPSA) is 59.2 Å². The second-order valence-electron chi connectivity index (χ2n) is 7.58. The van der Waals surface area contributed by atoms with Crippen molar-refractivity contribution in [1.82, 2.24) is 9.88 Å². The van der Waals surface area contributed by atoms with E-state index in [0.29, 0.717) is 6.42 Å². The Morgan fingerprint density at radius 2 is 1.72 bits per heavy atom. The second-order valence-corrected chi connectivity index (χ2v) is 8.70. The summed E-state index contributed by atoms with van der Waals surface area (Å²) >= 11 is 1.68. The number of benzene rings is 2. The Morgan fingerprint density at radius 1 is 1.10 bits per heavy atom. The van der Waals surface area contributed by atoms with Crippen LogP contribution in [0.1, 0.15) is 30.3 Å². The smallest absolute Gasteiger partial charge is 0.233 e. The van der Waals surface area contributed by atoms with Crippen LogP contribution in [0.15, 0.2) is 54.6 Å². The molecular formula is C22H27Cl2N3OS. The standard InChI is InChI=1S/C22H25N3OS.2ClH/c1-22(16-7-3-2-4-8-16,21(26)25-13-11-17(23)12-14-25)15-20-24-18-9-5-6-10-19(18)27-20;;/h2-10,17H,11-15,23H2,1H3;2*1H. The van der Waals surface area contributed by atoms with E-state index in [1.807, 2.05) is 41.3 Å². The van der Waals surface area contributed by atoms with Crippen LogP contribution < -0.4 is 5.73 Å². The number of fused-ring (bicyclic) bond motifs is 1. The van der Waals surface area contributed by atoms with Gasteiger partial charge in [-0.15, -0.1) is 36.2 Å². The van der Waals surface area contributed by atoms with Gasteiger partial charge in [-0.2, -0.15) is 0 Å². The number of hydrogen-bond acceptors (Lipinski definition) is 4. The minimum atomic E-state index is -0.628. The number of nitrogens with two attached hydrogens (primary N) is 1. The van der Waals surface area contributed by atoms with E-state index in [2.05, 4.69) is 25.1 Å². The number of rotatable bonds is 4. The minimum absolute atomic E-state index is 0. The van der Waals surface area contributed by atoms with E-state index in [1.54, 1.807) is 11.3 Å². The summed E-state index contributed by atoms with van der Waals surface area (Å²) in [4.78, 5) is 20.4. The van der Waals surface area contributed by atoms with Gasteiger partial charge in [0.1, 0.15) is 0 Å². The zero-order valence-electron chi connectivity index (χ0n) is 16.4. The Hall–Kier alpha value is -1.66. The van der Waals surface area contributed by atoms with Gasteiger partial charge in [0, 0.05) is 25.6 Å². The molecule has 1 amide bonds. The maximum absolute atomic E-state index is 13.6. The molecule has 2 aromatic carbocycles. The number of hydrogen-bond donors (Lipinski definition) is 1. The van der Waals surface area contributed by atoms with Gasteiger partial charge >= 0.3 is 0 Å². The zero-order chi connectivity index (χ0) is 18.9. The molecule has 1 atom stereocenters. The Morgan fingerprint density at radius 3 is 2.38 bits per heavy atom. The third-order valence-corrected chi connectivity index (χ3v) is 6.59. The number of nitrogens with zero attached hydrogens (tertiary/aromatic N) is 2. The SMILES string of the molecule is CC(Cc1nc2ccccc2s1)(C(=O)N1CCC(N)CC1)c1ccccc1.Cl.Cl. The first kappa shape index (κ1) is 23.6. The Labute approximate surface area is 188 Å². The molecule has 1 fully saturated rings. The van der Waals surface area contributed by atoms with E-state index in [0.717, 1.165) is 42.0 Å². The summed E-state index contributed by atoms with van der Waals surface area (Å²) in [5.41, 5.74) is 7.46. The summed E-state index contributed by atoms with van der Waals surface area (Å²) in [6.45, 7) is 3.54. The van der Waals surface area contributed by atoms with E-state index in [4.69, 9.17) is 10.7 Å². The molecule has 2 N–H and O–H groups in total. The lowest BCUT2D eigenvalue weighted by atomic mass is 9.78. The average molecular weight is 452 g/mol. The molecule has 1 saturated heterocycles. The van der Waals surface area contributed by atoms with Crippen LogP contribution in [0.5, 0.6) is 0 Å². The molecule has 1 unspecified atom stereocenters. The predicted molar refractivity (Wildman–Crippen MR) is 125 cm³/mol. The van der Waals surface area contributed by atoms with Crippen molar-refractivity contribution in [3.8, 4) is 0 Å². The Balaban J connectivity index is 0.00000150. The van der Waals surface area contributed by atoms with Gasteiger partial charge in [-0.1, -0.05) is 42.5 Å². The molecule has 1 aromatic heterocycles. The number of para-hydroxylation sites is 1. The van der Waals surface area contributed by atoms with Crippen molar-refractivity contribution in [3.63, 3.8) is 0 Å². The van der Waals surface area contributed by atoms with E-state index in [-0.39, 0.29) is 36.8 Å². The zero-order valence-corrected chi connectivity index (χ0v) is 18.9. The lowest BCUT2D eigenvalue weighted by molar-refractivity contribution is -0.138. The fourth-order valence-corrected chi connectivity index (χ4v) is 4.98. The first-order valence-electron chi connectivity index (χ1n) is 9.51. The molecule has 0 bridgehead atoms. The molecule has 4 nitrogen and oxygen atoms in total. The molecule has 3 aromatic rings. The van der Waals surface area contributed by atoms with Crippen LogP contribution in [0.2, 0.25) is 0 Å². The molecule has 2 heterocycles. The van der Waals surface area contributed by atoms with Crippen LogP contribution in [0, 0.1) is 0 Å². The molecule has 156 valence electrons. The predicted octanol–water partition coefficient (Wildman–Crippen LogP) is 4.59. The van der Waals surface area contributed by atoms with Crippen LogP contribution in [0.4, 0.5) is 0 Å². The molecular weight excluding hydrogens is 425 g/mol. The van der Waals surface area contributed by atoms with Crippen molar-refractivity contribution in [2.24, 2.45) is 5.73 Å². The molecule has 0 spiro atoms. The van der Waals surface area contributed by atoms with Crippen LogP contribution in [-0.4, -0.2) is 34.9 Å². The van der Waals surface area contributed by atoms with Gasteiger partial charge in [0.15, 0.2) is 0 Å². The highest BCUT2D eigenvalue weighted by Crippen LogP contribution is 2.34. The van der Waals surface area contributed by atoms with Crippen molar-refractivity contribution in [3.05, 3.63) is 65.2 Å². The number of piperidine rings is 1. The van der Waals surface area contributed by atoms with Gasteiger partial charge in [0.2, 0.25) is 5.91 Å². The maximum atomic E-state index is 13.6. The van der Waals surface area contributed by atoms with E-state index >= 15 is 0 Å². The van der Waals surface area contributed by atoms with Crippen molar-refractivity contribution < 1.29 is 4.79 Å². The van der Waals surface area contributed by atoms with Crippen molar-refractivity contribution in [2.75, 3.05) is 13.1 Å². The van der Waals surface area contributed by atoms with Crippen LogP contribution in [-0.2, 0) is 16.6 Å². The summed E-state index contributed by atoms with van der Waals surface area (Å²) in [5.74, 6) is 0.180. The highest BCUT2D eigenvalue weighted by molar-refractivity contribution is 7.18. The number of amides is 1. The van der Waals surface area contributed by atoms with E-state index in [1.165, 1.54) is 4.70 Å². The van der Waals surface area contributed by atoms with Gasteiger partial charge < -0.3 is 10.6 Å². The van der Waals surface area contributed by atoms with E-state index in [9.17, 15) is 4.79 Å². The number of aromatic nitrogens is 1. The largest absolute Gasteiger partial charge is 0.342 e. The summed E-state index contributed by atoms with van der Waals surface area (Å²) < 4.78 is 1.17. The number of carbonyl (C=O) groups is 1. The molecule has 0 radical (unpaired) electrons. The maximum Gasteiger partial charge on any atom is 0.233 e. The summed E-state index contributed by atoms with van der Waals surface area (Å²) in [5, 5.41) is 1.00. The highest BCUT2D eigenvalue weighted by atomic mass is 35.5. The Bertz CT molecular complexity index is 908. The molecule has 0 aliphatic carbocycles. The quantitative estimate of drug-likeness (QED) is 0.630. The molecule has 1 aliphatic rings. The normalized spacial score (nSPS) is 16.6. The lowest BCUT2D eigenvalue weighted by Crippen LogP contribution is -2.51. The average Bonchev–Trinajstić information content (AvgIpc) is 3.10. The molecule has 29 heavy (non-hydrogen) atoms. The number of likely N-dealkylation sites (tertiary alicyclic amines) is 1. The van der Waals surface area contributed by atoms with Crippen molar-refractivity contribution >= 4 is 52.3 Å². The lowest BCUT2D eigenvalue weighted by Gasteiger charge is -2.38. The van der Waals surface area contributed by atoms with Gasteiger partial charge in [0.05, 0.1) is 20.6 Å². The van der Waals surface area contributed by atoms with Crippen LogP contribution >= 0.6 is 36.2 Å². The molecule has 0 saturated carbocycles. The first-order valence-corrected chi connectivity index (χ1v) is 10.3. The second kappa shape index (κ2) is 9.90. The van der Waals surface area contributed by atoms with Crippen LogP contribution in [0.3, 0.4) is 0 Å². The minimum Gasteiger partial charge on any atom is -0.342 e. The fourth-order valence-electron chi connectivity index (χ4n) is 3.86. The van der Waals surface area contributed by atoms with Crippen LogP contribution in [0.25, 0.3) is 10.2 Å². The van der Waals surface area contributed by atoms with Crippen molar-refractivity contribution in [2.45, 2.75) is 37.6 Å². The number of thiazole rings is 1. The number of halogens is 2. The summed E-state index contributed by atoms with van der Waals surface area (Å²) in [7, 11) is 0. The Kier molecular flexibility index (Phi) is 8.06. The monoisotopic (exact) mass is 451 g/mol. The third kappa shape index (κ3) is 4.92.